The highest BCUT2D eigenvalue weighted by molar-refractivity contribution is 7.98. The fourth-order valence-electron chi connectivity index (χ4n) is 1.19. The van der Waals surface area contributed by atoms with Crippen molar-refractivity contribution in [2.75, 3.05) is 12.0 Å². The molecule has 1 amide bonds. The Kier molecular flexibility index (Phi) is 6.74. The predicted molar refractivity (Wildman–Crippen MR) is 72.8 cm³/mol. The minimum Gasteiger partial charge on any atom is -0.352 e. The van der Waals surface area contributed by atoms with E-state index in [0.29, 0.717) is 13.0 Å². The van der Waals surface area contributed by atoms with E-state index in [9.17, 15) is 4.79 Å². The Bertz CT molecular complexity index is 314. The van der Waals surface area contributed by atoms with Gasteiger partial charge in [0.1, 0.15) is 0 Å². The first-order chi connectivity index (χ1) is 8.22. The summed E-state index contributed by atoms with van der Waals surface area (Å²) in [4.78, 5) is 11.3. The topological polar surface area (TPSA) is 29.1 Å². The van der Waals surface area contributed by atoms with E-state index >= 15 is 0 Å². The van der Waals surface area contributed by atoms with Crippen LogP contribution >= 0.6 is 11.8 Å². The number of nitrogens with one attached hydrogen (secondary N) is 1. The summed E-state index contributed by atoms with van der Waals surface area (Å²) in [6.45, 7) is 2.69. The molecule has 16 heavy (non-hydrogen) atoms. The number of carbonyl (C=O) groups excluding carboxylic acids is 1. The summed E-state index contributed by atoms with van der Waals surface area (Å²) in [6.07, 6.45) is 2.61. The Morgan fingerprint density at radius 3 is 2.62 bits per heavy atom. The molecule has 0 atom stereocenters. The van der Waals surface area contributed by atoms with Gasteiger partial charge in [-0.15, -0.1) is 0 Å². The van der Waals surface area contributed by atoms with Gasteiger partial charge in [-0.05, 0) is 18.7 Å². The van der Waals surface area contributed by atoms with Crippen LogP contribution in [0.4, 0.5) is 0 Å². The summed E-state index contributed by atoms with van der Waals surface area (Å²) in [6, 6.07) is 8.21. The molecule has 0 aliphatic heterocycles. The third-order valence-corrected chi connectivity index (χ3v) is 2.76. The van der Waals surface area contributed by atoms with Crippen molar-refractivity contribution in [1.82, 2.24) is 5.32 Å². The molecular formula is C13H21NOS. The maximum atomic E-state index is 11.3. The van der Waals surface area contributed by atoms with Gasteiger partial charge in [0, 0.05) is 20.1 Å². The minimum absolute atomic E-state index is 0.130. The molecule has 3 heteroatoms. The first kappa shape index (κ1) is 13.1. The molecule has 0 aliphatic carbocycles. The van der Waals surface area contributed by atoms with Gasteiger partial charge in [-0.2, -0.15) is 11.8 Å². The van der Waals surface area contributed by atoms with Crippen LogP contribution in [-0.4, -0.2) is 17.9 Å². The van der Waals surface area contributed by atoms with Crippen LogP contribution in [0.25, 0.3) is 0 Å². The summed E-state index contributed by atoms with van der Waals surface area (Å²) < 4.78 is 5.75. The monoisotopic (exact) mass is 240 g/mol. The first-order valence-corrected chi connectivity index (χ1v) is 6.43. The van der Waals surface area contributed by atoms with Gasteiger partial charge in [-0.25, -0.2) is 0 Å². The van der Waals surface area contributed by atoms with Crippen molar-refractivity contribution in [3.8, 4) is 0 Å². The highest BCUT2D eigenvalue weighted by Gasteiger charge is 1.99. The molecular weight excluding hydrogens is 218 g/mol. The number of benzene rings is 1. The van der Waals surface area contributed by atoms with E-state index in [4.69, 9.17) is 1.37 Å². The maximum Gasteiger partial charge on any atom is 0.221 e. The van der Waals surface area contributed by atoms with Gasteiger partial charge < -0.3 is 5.32 Å². The maximum absolute atomic E-state index is 11.3. The van der Waals surface area contributed by atoms with Crippen molar-refractivity contribution in [1.29, 1.82) is 0 Å². The lowest BCUT2D eigenvalue weighted by Gasteiger charge is -2.04. The van der Waals surface area contributed by atoms with Gasteiger partial charge in [0.15, 0.2) is 0 Å². The normalized spacial score (nSPS) is 9.81. The van der Waals surface area contributed by atoms with Crippen molar-refractivity contribution >= 4 is 17.7 Å². The van der Waals surface area contributed by atoms with Crippen LogP contribution in [0.3, 0.4) is 0 Å². The number of aryl methyl sites for hydroxylation is 1. The lowest BCUT2D eigenvalue weighted by atomic mass is 10.1. The Morgan fingerprint density at radius 2 is 2.06 bits per heavy atom. The lowest BCUT2D eigenvalue weighted by molar-refractivity contribution is -0.120. The number of hydrogen-bond donors (Lipinski definition) is 1. The summed E-state index contributed by atoms with van der Waals surface area (Å²) in [5.74, 6) is 1.02. The lowest BCUT2D eigenvalue weighted by Crippen LogP contribution is -2.22. The second kappa shape index (κ2) is 8.22. The highest BCUT2D eigenvalue weighted by atomic mass is 32.2. The van der Waals surface area contributed by atoms with Crippen molar-refractivity contribution in [2.45, 2.75) is 27.3 Å². The molecule has 0 bridgehead atoms. The first-order valence-electron chi connectivity index (χ1n) is 6.03. The van der Waals surface area contributed by atoms with E-state index in [-0.39, 0.29) is 5.91 Å². The van der Waals surface area contributed by atoms with Gasteiger partial charge in [-0.1, -0.05) is 37.2 Å². The molecule has 90 valence electrons. The van der Waals surface area contributed by atoms with Crippen LogP contribution in [0, 0.1) is 6.92 Å². The van der Waals surface area contributed by atoms with E-state index < -0.39 is 0 Å². The Labute approximate surface area is 104 Å². The number of carbonyl (C=O) groups is 1. The van der Waals surface area contributed by atoms with Crippen molar-refractivity contribution < 1.29 is 6.17 Å². The average molecular weight is 240 g/mol. The smallest absolute Gasteiger partial charge is 0.221 e. The predicted octanol–water partition coefficient (Wildman–Crippen LogP) is 3.00. The molecule has 2 nitrogen and oxygen atoms in total. The molecule has 0 saturated heterocycles. The van der Waals surface area contributed by atoms with Gasteiger partial charge in [0.05, 0.1) is 0 Å². The molecule has 0 aromatic heterocycles. The summed E-state index contributed by atoms with van der Waals surface area (Å²) in [7, 11) is 1.25. The molecule has 0 radical (unpaired) electrons. The Morgan fingerprint density at radius 1 is 1.44 bits per heavy atom. The minimum atomic E-state index is 0.130. The molecule has 1 aromatic rings. The third kappa shape index (κ3) is 5.81. The summed E-state index contributed by atoms with van der Waals surface area (Å²) in [5.41, 5.74) is 2.39. The summed E-state index contributed by atoms with van der Waals surface area (Å²) >= 11 is 1.69. The number of hydrogen-bond acceptors (Lipinski definition) is 2. The van der Waals surface area contributed by atoms with E-state index in [1.54, 1.807) is 11.8 Å². The molecule has 0 heterocycles. The van der Waals surface area contributed by atoms with Gasteiger partial charge in [0.25, 0.3) is 0 Å². The molecule has 1 aromatic carbocycles. The summed E-state index contributed by atoms with van der Waals surface area (Å²) in [5, 5.41) is 2.90. The number of rotatable bonds is 5. The largest absolute Gasteiger partial charge is 0.352 e. The molecule has 1 rings (SSSR count). The van der Waals surface area contributed by atoms with Gasteiger partial charge >= 0.3 is 0 Å². The van der Waals surface area contributed by atoms with Crippen LogP contribution in [0.1, 0.15) is 26.3 Å². The number of thioether (sulfide) groups is 1. The molecule has 0 fully saturated rings. The molecule has 0 unspecified atom stereocenters. The second-order valence-electron chi connectivity index (χ2n) is 3.51. The second-order valence-corrected chi connectivity index (χ2v) is 4.49. The molecule has 1 N–H and O–H groups in total. The SMILES string of the molecule is CSCCC(=O)NCc1ccc(C)cc1.[2H]C. The molecule has 0 aliphatic rings. The zero-order valence-electron chi connectivity index (χ0n) is 11.2. The van der Waals surface area contributed by atoms with Crippen molar-refractivity contribution in [3.05, 3.63) is 35.4 Å². The van der Waals surface area contributed by atoms with E-state index in [0.717, 1.165) is 11.3 Å². The van der Waals surface area contributed by atoms with Crippen LogP contribution < -0.4 is 5.32 Å². The Balaban J connectivity index is 0.00000121. The zero-order chi connectivity index (χ0) is 13.1. The molecule has 0 spiro atoms. The quantitative estimate of drug-likeness (QED) is 0.857. The van der Waals surface area contributed by atoms with Gasteiger partial charge in [-0.3, -0.25) is 4.79 Å². The third-order valence-electron chi connectivity index (χ3n) is 2.14. The van der Waals surface area contributed by atoms with E-state index in [1.807, 2.05) is 18.4 Å². The van der Waals surface area contributed by atoms with Crippen LogP contribution in [0.15, 0.2) is 24.3 Å². The van der Waals surface area contributed by atoms with Crippen LogP contribution in [-0.2, 0) is 11.3 Å². The molecule has 0 saturated carbocycles. The van der Waals surface area contributed by atoms with Crippen LogP contribution in [0.2, 0.25) is 0 Å². The van der Waals surface area contributed by atoms with E-state index in [2.05, 4.69) is 24.4 Å². The average Bonchev–Trinajstić information content (AvgIpc) is 2.38. The fraction of sp³-hybridized carbons (Fsp3) is 0.462. The van der Waals surface area contributed by atoms with Gasteiger partial charge in [0.2, 0.25) is 5.91 Å². The van der Waals surface area contributed by atoms with Crippen LogP contribution in [0.5, 0.6) is 0 Å². The van der Waals surface area contributed by atoms with E-state index in [1.165, 1.54) is 13.0 Å². The van der Waals surface area contributed by atoms with Crippen molar-refractivity contribution in [2.24, 2.45) is 0 Å². The highest BCUT2D eigenvalue weighted by Crippen LogP contribution is 2.02. The number of amides is 1. The standard InChI is InChI=1S/C12H17NOS.CH4/c1-10-3-5-11(6-4-10)9-13-12(14)7-8-15-2;/h3-6H,7-9H2,1-2H3,(H,13,14);1H4/i;1D. The fourth-order valence-corrected chi connectivity index (χ4v) is 1.58. The van der Waals surface area contributed by atoms with Crippen molar-refractivity contribution in [3.63, 3.8) is 0 Å². The zero-order valence-corrected chi connectivity index (χ0v) is 11.1. The Hall–Kier alpha value is -0.960.